The number of nitrogens with one attached hydrogen (secondary N) is 1. The van der Waals surface area contributed by atoms with Crippen LogP contribution in [0.25, 0.3) is 10.9 Å². The van der Waals surface area contributed by atoms with Gasteiger partial charge in [0.2, 0.25) is 5.91 Å². The molecule has 0 fully saturated rings. The van der Waals surface area contributed by atoms with Crippen molar-refractivity contribution in [2.24, 2.45) is 0 Å². The maximum Gasteiger partial charge on any atom is 0.326 e. The van der Waals surface area contributed by atoms with Crippen molar-refractivity contribution in [3.63, 3.8) is 0 Å². The van der Waals surface area contributed by atoms with Crippen molar-refractivity contribution in [2.45, 2.75) is 38.8 Å². The Kier molecular flexibility index (Phi) is 5.46. The van der Waals surface area contributed by atoms with Gasteiger partial charge in [-0.05, 0) is 18.6 Å². The Labute approximate surface area is 133 Å². The predicted molar refractivity (Wildman–Crippen MR) is 85.1 cm³/mol. The second kappa shape index (κ2) is 7.53. The molecule has 1 unspecified atom stereocenters. The number of hydrogen-bond donors (Lipinski definition) is 2. The van der Waals surface area contributed by atoms with Crippen molar-refractivity contribution >= 4 is 22.8 Å². The van der Waals surface area contributed by atoms with Crippen molar-refractivity contribution < 1.29 is 14.7 Å². The van der Waals surface area contributed by atoms with Crippen LogP contribution in [-0.4, -0.2) is 32.6 Å². The molecule has 1 heterocycles. The Morgan fingerprint density at radius 3 is 2.78 bits per heavy atom. The van der Waals surface area contributed by atoms with Crippen LogP contribution in [0.3, 0.4) is 0 Å². The first-order valence-electron chi connectivity index (χ1n) is 7.49. The number of nitrogens with zero attached hydrogens (tertiary/aromatic N) is 2. The van der Waals surface area contributed by atoms with E-state index in [9.17, 15) is 14.4 Å². The summed E-state index contributed by atoms with van der Waals surface area (Å²) < 4.78 is 1.18. The Bertz CT molecular complexity index is 769. The van der Waals surface area contributed by atoms with E-state index in [1.165, 1.54) is 10.9 Å². The number of amides is 1. The van der Waals surface area contributed by atoms with E-state index in [-0.39, 0.29) is 12.1 Å². The lowest BCUT2D eigenvalue weighted by Crippen LogP contribution is -2.43. The molecule has 1 amide bonds. The van der Waals surface area contributed by atoms with Gasteiger partial charge in [0.15, 0.2) is 0 Å². The molecule has 1 aromatic heterocycles. The molecule has 0 aliphatic rings. The van der Waals surface area contributed by atoms with Crippen molar-refractivity contribution in [1.82, 2.24) is 14.9 Å². The number of unbranched alkanes of at least 4 members (excludes halogenated alkanes) is 1. The highest BCUT2D eigenvalue weighted by Gasteiger charge is 2.19. The molecule has 23 heavy (non-hydrogen) atoms. The van der Waals surface area contributed by atoms with Gasteiger partial charge < -0.3 is 10.4 Å². The molecule has 7 nitrogen and oxygen atoms in total. The topological polar surface area (TPSA) is 101 Å². The Balaban J connectivity index is 2.12. The zero-order chi connectivity index (χ0) is 16.8. The number of aromatic nitrogens is 2. The number of carboxylic acid groups (broad SMARTS) is 1. The molecule has 2 rings (SSSR count). The van der Waals surface area contributed by atoms with Gasteiger partial charge in [0.25, 0.3) is 5.56 Å². The number of hydrogen-bond acceptors (Lipinski definition) is 4. The van der Waals surface area contributed by atoms with Crippen LogP contribution in [0.1, 0.15) is 26.2 Å². The maximum atomic E-state index is 12.3. The van der Waals surface area contributed by atoms with Crippen LogP contribution in [0.15, 0.2) is 35.4 Å². The Morgan fingerprint density at radius 1 is 1.35 bits per heavy atom. The lowest BCUT2D eigenvalue weighted by atomic mass is 10.1. The number of carbonyl (C=O) groups is 2. The Morgan fingerprint density at radius 2 is 2.09 bits per heavy atom. The smallest absolute Gasteiger partial charge is 0.326 e. The van der Waals surface area contributed by atoms with Crippen molar-refractivity contribution in [1.29, 1.82) is 0 Å². The highest BCUT2D eigenvalue weighted by molar-refractivity contribution is 5.83. The average Bonchev–Trinajstić information content (AvgIpc) is 2.54. The van der Waals surface area contributed by atoms with Crippen LogP contribution in [-0.2, 0) is 16.1 Å². The summed E-state index contributed by atoms with van der Waals surface area (Å²) in [6.07, 6.45) is 3.21. The van der Waals surface area contributed by atoms with Gasteiger partial charge in [-0.15, -0.1) is 0 Å². The summed E-state index contributed by atoms with van der Waals surface area (Å²) in [5, 5.41) is 12.0. The largest absolute Gasteiger partial charge is 0.480 e. The fourth-order valence-corrected chi connectivity index (χ4v) is 2.28. The first kappa shape index (κ1) is 16.7. The van der Waals surface area contributed by atoms with E-state index in [1.54, 1.807) is 24.3 Å². The zero-order valence-electron chi connectivity index (χ0n) is 12.9. The molecule has 0 saturated carbocycles. The summed E-state index contributed by atoms with van der Waals surface area (Å²) >= 11 is 0. The molecular weight excluding hydrogens is 298 g/mol. The van der Waals surface area contributed by atoms with Crippen molar-refractivity contribution in [2.75, 3.05) is 0 Å². The molecule has 0 aliphatic heterocycles. The maximum absolute atomic E-state index is 12.3. The molecule has 0 bridgehead atoms. The minimum absolute atomic E-state index is 0.257. The van der Waals surface area contributed by atoms with Crippen LogP contribution in [0.2, 0.25) is 0 Å². The summed E-state index contributed by atoms with van der Waals surface area (Å²) in [6, 6.07) is 5.91. The second-order valence-corrected chi connectivity index (χ2v) is 5.30. The van der Waals surface area contributed by atoms with Gasteiger partial charge in [-0.3, -0.25) is 14.2 Å². The molecular formula is C16H19N3O4. The molecule has 2 aromatic rings. The molecule has 0 aliphatic carbocycles. The van der Waals surface area contributed by atoms with Crippen LogP contribution >= 0.6 is 0 Å². The number of para-hydroxylation sites is 1. The number of benzene rings is 1. The molecule has 0 radical (unpaired) electrons. The summed E-state index contributed by atoms with van der Waals surface area (Å²) in [7, 11) is 0. The monoisotopic (exact) mass is 317 g/mol. The zero-order valence-corrected chi connectivity index (χ0v) is 12.9. The summed E-state index contributed by atoms with van der Waals surface area (Å²) in [4.78, 5) is 39.6. The van der Waals surface area contributed by atoms with E-state index in [0.717, 1.165) is 6.42 Å². The molecule has 0 saturated heterocycles. The lowest BCUT2D eigenvalue weighted by Gasteiger charge is -2.14. The third kappa shape index (κ3) is 4.15. The minimum Gasteiger partial charge on any atom is -0.480 e. The molecule has 0 spiro atoms. The van der Waals surface area contributed by atoms with Gasteiger partial charge in [0, 0.05) is 0 Å². The predicted octanol–water partition coefficient (Wildman–Crippen LogP) is 1.16. The number of carboxylic acids is 1. The average molecular weight is 317 g/mol. The normalized spacial score (nSPS) is 12.0. The third-order valence-electron chi connectivity index (χ3n) is 3.53. The molecule has 1 aromatic carbocycles. The second-order valence-electron chi connectivity index (χ2n) is 5.30. The van der Waals surface area contributed by atoms with E-state index in [1.807, 2.05) is 6.92 Å². The Hall–Kier alpha value is -2.70. The van der Waals surface area contributed by atoms with E-state index in [4.69, 9.17) is 5.11 Å². The molecule has 2 N–H and O–H groups in total. The van der Waals surface area contributed by atoms with Crippen LogP contribution in [0.5, 0.6) is 0 Å². The first-order chi connectivity index (χ1) is 11.0. The lowest BCUT2D eigenvalue weighted by molar-refractivity contribution is -0.142. The van der Waals surface area contributed by atoms with Crippen LogP contribution < -0.4 is 10.9 Å². The highest BCUT2D eigenvalue weighted by Crippen LogP contribution is 2.05. The van der Waals surface area contributed by atoms with Crippen LogP contribution in [0.4, 0.5) is 0 Å². The van der Waals surface area contributed by atoms with Gasteiger partial charge in [0.05, 0.1) is 17.2 Å². The molecule has 7 heteroatoms. The van der Waals surface area contributed by atoms with Crippen molar-refractivity contribution in [3.05, 3.63) is 40.9 Å². The van der Waals surface area contributed by atoms with Crippen molar-refractivity contribution in [3.8, 4) is 0 Å². The van der Waals surface area contributed by atoms with Crippen LogP contribution in [0, 0.1) is 0 Å². The summed E-state index contributed by atoms with van der Waals surface area (Å²) in [5.41, 5.74) is 0.228. The molecule has 122 valence electrons. The fourth-order valence-electron chi connectivity index (χ4n) is 2.28. The van der Waals surface area contributed by atoms with E-state index < -0.39 is 17.9 Å². The van der Waals surface area contributed by atoms with E-state index in [0.29, 0.717) is 23.7 Å². The summed E-state index contributed by atoms with van der Waals surface area (Å²) in [5.74, 6) is -1.59. The number of carbonyl (C=O) groups excluding carboxylic acids is 1. The van der Waals surface area contributed by atoms with Gasteiger partial charge in [-0.25, -0.2) is 9.78 Å². The van der Waals surface area contributed by atoms with E-state index >= 15 is 0 Å². The van der Waals surface area contributed by atoms with Gasteiger partial charge >= 0.3 is 5.97 Å². The molecule has 1 atom stereocenters. The number of fused-ring (bicyclic) bond motifs is 1. The SMILES string of the molecule is CCCCC(NC(=O)Cn1cnc2ccccc2c1=O)C(=O)O. The fraction of sp³-hybridized carbons (Fsp3) is 0.375. The minimum atomic E-state index is -1.07. The summed E-state index contributed by atoms with van der Waals surface area (Å²) in [6.45, 7) is 1.69. The number of rotatable bonds is 7. The number of aliphatic carboxylic acids is 1. The van der Waals surface area contributed by atoms with Gasteiger partial charge in [0.1, 0.15) is 12.6 Å². The van der Waals surface area contributed by atoms with Gasteiger partial charge in [-0.1, -0.05) is 31.9 Å². The highest BCUT2D eigenvalue weighted by atomic mass is 16.4. The standard InChI is InChI=1S/C16H19N3O4/c1-2-3-7-13(16(22)23)18-14(20)9-19-10-17-12-8-5-4-6-11(12)15(19)21/h4-6,8,10,13H,2-3,7,9H2,1H3,(H,18,20)(H,22,23). The van der Waals surface area contributed by atoms with E-state index in [2.05, 4.69) is 10.3 Å². The third-order valence-corrected chi connectivity index (χ3v) is 3.53. The van der Waals surface area contributed by atoms with Gasteiger partial charge in [-0.2, -0.15) is 0 Å². The first-order valence-corrected chi connectivity index (χ1v) is 7.49. The quantitative estimate of drug-likeness (QED) is 0.798.